The van der Waals surface area contributed by atoms with Crippen LogP contribution in [0.1, 0.15) is 16.7 Å². The predicted octanol–water partition coefficient (Wildman–Crippen LogP) is 4.53. The summed E-state index contributed by atoms with van der Waals surface area (Å²) in [5.74, 6) is 0. The zero-order valence-electron chi connectivity index (χ0n) is 28.3. The Morgan fingerprint density at radius 1 is 0.860 bits per heavy atom. The molecule has 50 heavy (non-hydrogen) atoms. The van der Waals surface area contributed by atoms with Gasteiger partial charge in [-0.2, -0.15) is 4.98 Å². The first kappa shape index (κ1) is 33.4. The maximum atomic E-state index is 14.6. The van der Waals surface area contributed by atoms with Crippen molar-refractivity contribution in [2.45, 2.75) is 25.2 Å². The largest absolute Gasteiger partial charge is 0.444 e. The number of carbonyl (C=O) groups excluding carboxylic acids is 1. The van der Waals surface area contributed by atoms with Gasteiger partial charge in [-0.1, -0.05) is 54.6 Å². The lowest BCUT2D eigenvalue weighted by Gasteiger charge is -2.38. The summed E-state index contributed by atoms with van der Waals surface area (Å²) < 4.78 is 32.1. The third-order valence-corrected chi connectivity index (χ3v) is 10.1. The molecule has 0 bridgehead atoms. The van der Waals surface area contributed by atoms with Crippen LogP contribution >= 0.6 is 0 Å². The number of anilines is 3. The van der Waals surface area contributed by atoms with E-state index in [0.717, 1.165) is 55.7 Å². The molecule has 13 heteroatoms. The van der Waals surface area contributed by atoms with Crippen molar-refractivity contribution in [2.75, 3.05) is 62.4 Å². The number of fused-ring (bicyclic) bond motifs is 2. The maximum absolute atomic E-state index is 14.6. The van der Waals surface area contributed by atoms with E-state index < -0.39 is 15.9 Å². The Balaban J connectivity index is 1.28. The Morgan fingerprint density at radius 3 is 2.32 bits per heavy atom. The normalized spacial score (nSPS) is 15.7. The molecular weight excluding hydrogens is 655 g/mol. The van der Waals surface area contributed by atoms with E-state index >= 15 is 0 Å². The maximum Gasteiger partial charge on any atom is 0.414 e. The number of amides is 1. The Hall–Kier alpha value is -5.11. The second-order valence-electron chi connectivity index (χ2n) is 12.9. The Bertz CT molecular complexity index is 2220. The smallest absolute Gasteiger partial charge is 0.414 e. The zero-order chi connectivity index (χ0) is 35.0. The Kier molecular flexibility index (Phi) is 9.12. The summed E-state index contributed by atoms with van der Waals surface area (Å²) in [5.41, 5.74) is 4.87. The lowest BCUT2D eigenvalue weighted by molar-refractivity contribution is 0.147. The standard InChI is InChI=1S/C37H39N7O5S/c1-26-8-7-11-31-33(26)43(37(46)49-25-28-9-5-4-6-10-28)21-20-42(31)32-22-29-23-38-36(50(3,47)48)39-34(29)44(35(32)45)30-14-12-27(13-15-30)24-41-18-16-40(2)17-19-41/h4-15,22-23H,16-21,24-25H2,1-3H3. The number of hydrogen-bond acceptors (Lipinski definition) is 10. The zero-order valence-corrected chi connectivity index (χ0v) is 29.1. The summed E-state index contributed by atoms with van der Waals surface area (Å²) in [6.07, 6.45) is 2.01. The first-order valence-corrected chi connectivity index (χ1v) is 18.4. The highest BCUT2D eigenvalue weighted by atomic mass is 32.2. The van der Waals surface area contributed by atoms with E-state index in [2.05, 4.69) is 26.8 Å². The van der Waals surface area contributed by atoms with Crippen LogP contribution in [-0.2, 0) is 27.7 Å². The van der Waals surface area contributed by atoms with Crippen LogP contribution in [0.15, 0.2) is 95.0 Å². The number of pyridine rings is 1. The first-order valence-electron chi connectivity index (χ1n) is 16.6. The molecule has 12 nitrogen and oxygen atoms in total. The van der Waals surface area contributed by atoms with E-state index in [9.17, 15) is 18.0 Å². The number of hydrogen-bond donors (Lipinski definition) is 0. The number of aryl methyl sites for hydroxylation is 1. The predicted molar refractivity (Wildman–Crippen MR) is 193 cm³/mol. The van der Waals surface area contributed by atoms with Crippen molar-refractivity contribution >= 4 is 44.0 Å². The average molecular weight is 694 g/mol. The highest BCUT2D eigenvalue weighted by Gasteiger charge is 2.32. The molecule has 0 unspecified atom stereocenters. The van der Waals surface area contributed by atoms with Gasteiger partial charge in [-0.3, -0.25) is 19.2 Å². The van der Waals surface area contributed by atoms with Crippen molar-refractivity contribution in [1.29, 1.82) is 0 Å². The second-order valence-corrected chi connectivity index (χ2v) is 14.8. The van der Waals surface area contributed by atoms with E-state index in [1.54, 1.807) is 11.0 Å². The van der Waals surface area contributed by atoms with Gasteiger partial charge < -0.3 is 14.5 Å². The molecule has 0 radical (unpaired) electrons. The molecule has 4 heterocycles. The molecular formula is C37H39N7O5S. The minimum atomic E-state index is -3.75. The van der Waals surface area contributed by atoms with Crippen molar-refractivity contribution in [2.24, 2.45) is 0 Å². The topological polar surface area (TPSA) is 121 Å². The summed E-state index contributed by atoms with van der Waals surface area (Å²) >= 11 is 0. The minimum Gasteiger partial charge on any atom is -0.444 e. The van der Waals surface area contributed by atoms with E-state index in [4.69, 9.17) is 4.74 Å². The molecule has 0 atom stereocenters. The molecule has 258 valence electrons. The van der Waals surface area contributed by atoms with Crippen molar-refractivity contribution in [3.8, 4) is 5.69 Å². The molecule has 0 N–H and O–H groups in total. The van der Waals surface area contributed by atoms with Gasteiger partial charge >= 0.3 is 6.09 Å². The molecule has 0 aliphatic carbocycles. The third kappa shape index (κ3) is 6.71. The van der Waals surface area contributed by atoms with Gasteiger partial charge in [-0.25, -0.2) is 18.2 Å². The summed E-state index contributed by atoms with van der Waals surface area (Å²) in [6.45, 7) is 7.42. The van der Waals surface area contributed by atoms with Crippen LogP contribution in [0.3, 0.4) is 0 Å². The summed E-state index contributed by atoms with van der Waals surface area (Å²) in [5, 5.41) is 0.133. The van der Waals surface area contributed by atoms with E-state index in [1.807, 2.05) is 84.6 Å². The Labute approximate surface area is 291 Å². The number of piperazine rings is 1. The third-order valence-electron chi connectivity index (χ3n) is 9.27. The minimum absolute atomic E-state index is 0.139. The van der Waals surface area contributed by atoms with E-state index in [1.165, 1.54) is 10.8 Å². The summed E-state index contributed by atoms with van der Waals surface area (Å²) in [6, 6.07) is 24.6. The van der Waals surface area contributed by atoms with Crippen LogP contribution in [0.25, 0.3) is 16.7 Å². The molecule has 1 amide bonds. The van der Waals surface area contributed by atoms with Gasteiger partial charge in [0, 0.05) is 63.7 Å². The molecule has 3 aromatic carbocycles. The molecule has 2 aliphatic heterocycles. The summed E-state index contributed by atoms with van der Waals surface area (Å²) in [4.78, 5) is 44.8. The van der Waals surface area contributed by atoms with Gasteiger partial charge in [0.15, 0.2) is 5.65 Å². The SMILES string of the molecule is Cc1cccc2c1N(C(=O)OCc1ccccc1)CCN2c1cc2cnc(S(C)(=O)=O)nc2n(-c2ccc(CN3CCN(C)CC3)cc2)c1=O. The van der Waals surface area contributed by atoms with Gasteiger partial charge in [-0.15, -0.1) is 0 Å². The fourth-order valence-electron chi connectivity index (χ4n) is 6.57. The lowest BCUT2D eigenvalue weighted by Crippen LogP contribution is -2.44. The second kappa shape index (κ2) is 13.7. The number of aromatic nitrogens is 3. The first-order chi connectivity index (χ1) is 24.1. The molecule has 5 aromatic rings. The number of nitrogens with zero attached hydrogens (tertiary/aromatic N) is 7. The molecule has 2 aliphatic rings. The van der Waals surface area contributed by atoms with Crippen LogP contribution in [0, 0.1) is 6.92 Å². The van der Waals surface area contributed by atoms with Gasteiger partial charge in [-0.05, 0) is 54.9 Å². The van der Waals surface area contributed by atoms with Gasteiger partial charge in [0.25, 0.3) is 5.56 Å². The molecule has 1 saturated heterocycles. The summed E-state index contributed by atoms with van der Waals surface area (Å²) in [7, 11) is -1.62. The fourth-order valence-corrected chi connectivity index (χ4v) is 7.06. The van der Waals surface area contributed by atoms with Crippen molar-refractivity contribution < 1.29 is 17.9 Å². The molecule has 0 spiro atoms. The number of carbonyl (C=O) groups is 1. The van der Waals surface area contributed by atoms with Crippen molar-refractivity contribution in [3.05, 3.63) is 112 Å². The van der Waals surface area contributed by atoms with Crippen LogP contribution < -0.4 is 15.4 Å². The van der Waals surface area contributed by atoms with E-state index in [-0.39, 0.29) is 29.5 Å². The van der Waals surface area contributed by atoms with E-state index in [0.29, 0.717) is 34.7 Å². The molecule has 0 saturated carbocycles. The monoisotopic (exact) mass is 693 g/mol. The number of sulfone groups is 1. The van der Waals surface area contributed by atoms with Gasteiger partial charge in [0.2, 0.25) is 15.0 Å². The Morgan fingerprint density at radius 2 is 1.60 bits per heavy atom. The fraction of sp³-hybridized carbons (Fsp3) is 0.297. The number of para-hydroxylation sites is 1. The number of rotatable bonds is 7. The van der Waals surface area contributed by atoms with Crippen LogP contribution in [0.4, 0.5) is 21.9 Å². The molecule has 7 rings (SSSR count). The highest BCUT2D eigenvalue weighted by Crippen LogP contribution is 2.40. The molecule has 2 aromatic heterocycles. The molecule has 1 fully saturated rings. The van der Waals surface area contributed by atoms with Crippen LogP contribution in [0.2, 0.25) is 0 Å². The number of ether oxygens (including phenoxy) is 1. The lowest BCUT2D eigenvalue weighted by atomic mass is 10.1. The van der Waals surface area contributed by atoms with Crippen molar-refractivity contribution in [1.82, 2.24) is 24.3 Å². The number of benzene rings is 3. The van der Waals surface area contributed by atoms with Crippen molar-refractivity contribution in [3.63, 3.8) is 0 Å². The number of likely N-dealkylation sites (N-methyl/N-ethyl adjacent to an activating group) is 1. The van der Waals surface area contributed by atoms with Crippen LogP contribution in [0.5, 0.6) is 0 Å². The quantitative estimate of drug-likeness (QED) is 0.225. The average Bonchev–Trinajstić information content (AvgIpc) is 3.11. The van der Waals surface area contributed by atoms with Gasteiger partial charge in [0.1, 0.15) is 12.3 Å². The highest BCUT2D eigenvalue weighted by molar-refractivity contribution is 7.90. The van der Waals surface area contributed by atoms with Gasteiger partial charge in [0.05, 0.1) is 17.1 Å². The van der Waals surface area contributed by atoms with Crippen LogP contribution in [-0.4, -0.2) is 91.4 Å².